The zero-order chi connectivity index (χ0) is 13.8. The number of benzene rings is 1. The van der Waals surface area contributed by atoms with Crippen molar-refractivity contribution in [2.24, 2.45) is 0 Å². The third-order valence-corrected chi connectivity index (χ3v) is 3.28. The number of phenolic OH excluding ortho intramolecular Hbond substituents is 1. The number of methoxy groups -OCH3 is 1. The summed E-state index contributed by atoms with van der Waals surface area (Å²) in [4.78, 5) is 4.15. The van der Waals surface area contributed by atoms with Crippen LogP contribution in [0, 0.1) is 0 Å². The monoisotopic (exact) mass is 322 g/mol. The Balaban J connectivity index is 2.19. The van der Waals surface area contributed by atoms with Crippen LogP contribution >= 0.6 is 15.9 Å². The van der Waals surface area contributed by atoms with Crippen LogP contribution in [0.1, 0.15) is 18.5 Å². The summed E-state index contributed by atoms with van der Waals surface area (Å²) in [6.45, 7) is 1.97. The third-order valence-electron chi connectivity index (χ3n) is 2.81. The molecule has 2 aromatic rings. The summed E-state index contributed by atoms with van der Waals surface area (Å²) in [5, 5.41) is 13.2. The standard InChI is InChI=1S/C14H15BrN2O2/c1-9(17-10-3-6-14(15)16-8-10)12-7-11(19-2)4-5-13(12)18/h3-9,17-18H,1-2H3. The largest absolute Gasteiger partial charge is 0.508 e. The molecule has 0 amide bonds. The molecule has 100 valence electrons. The molecule has 0 saturated carbocycles. The van der Waals surface area contributed by atoms with Crippen molar-refractivity contribution in [3.8, 4) is 11.5 Å². The minimum Gasteiger partial charge on any atom is -0.508 e. The predicted octanol–water partition coefficient (Wildman–Crippen LogP) is 3.73. The van der Waals surface area contributed by atoms with E-state index in [2.05, 4.69) is 26.2 Å². The van der Waals surface area contributed by atoms with E-state index in [1.165, 1.54) is 0 Å². The van der Waals surface area contributed by atoms with E-state index < -0.39 is 0 Å². The van der Waals surface area contributed by atoms with E-state index in [0.717, 1.165) is 21.6 Å². The summed E-state index contributed by atoms with van der Waals surface area (Å²) >= 11 is 3.29. The molecule has 1 heterocycles. The fourth-order valence-electron chi connectivity index (χ4n) is 1.80. The maximum atomic E-state index is 9.90. The van der Waals surface area contributed by atoms with Crippen LogP contribution in [0.25, 0.3) is 0 Å². The molecule has 0 spiro atoms. The lowest BCUT2D eigenvalue weighted by atomic mass is 10.1. The second kappa shape index (κ2) is 5.93. The van der Waals surface area contributed by atoms with Crippen LogP contribution in [0.2, 0.25) is 0 Å². The highest BCUT2D eigenvalue weighted by atomic mass is 79.9. The van der Waals surface area contributed by atoms with Crippen molar-refractivity contribution in [2.45, 2.75) is 13.0 Å². The number of aromatic nitrogens is 1. The Kier molecular flexibility index (Phi) is 4.27. The van der Waals surface area contributed by atoms with Gasteiger partial charge in [-0.3, -0.25) is 0 Å². The van der Waals surface area contributed by atoms with Gasteiger partial charge in [0, 0.05) is 5.56 Å². The highest BCUT2D eigenvalue weighted by Crippen LogP contribution is 2.30. The van der Waals surface area contributed by atoms with Crippen molar-refractivity contribution >= 4 is 21.6 Å². The predicted molar refractivity (Wildman–Crippen MR) is 78.6 cm³/mol. The lowest BCUT2D eigenvalue weighted by Gasteiger charge is -2.17. The number of anilines is 1. The minimum atomic E-state index is -0.0573. The molecule has 0 fully saturated rings. The van der Waals surface area contributed by atoms with E-state index in [1.54, 1.807) is 25.4 Å². The maximum absolute atomic E-state index is 9.90. The van der Waals surface area contributed by atoms with Gasteiger partial charge in [0.1, 0.15) is 16.1 Å². The SMILES string of the molecule is COc1ccc(O)c(C(C)Nc2ccc(Br)nc2)c1. The molecule has 2 N–H and O–H groups in total. The number of pyridine rings is 1. The van der Waals surface area contributed by atoms with Crippen molar-refractivity contribution < 1.29 is 9.84 Å². The molecule has 5 heteroatoms. The number of aromatic hydroxyl groups is 1. The molecule has 1 aromatic carbocycles. The van der Waals surface area contributed by atoms with Crippen molar-refractivity contribution in [3.63, 3.8) is 0 Å². The number of ether oxygens (including phenoxy) is 1. The van der Waals surface area contributed by atoms with Crippen molar-refractivity contribution in [2.75, 3.05) is 12.4 Å². The summed E-state index contributed by atoms with van der Waals surface area (Å²) < 4.78 is 5.96. The maximum Gasteiger partial charge on any atom is 0.121 e. The molecular weight excluding hydrogens is 308 g/mol. The average molecular weight is 323 g/mol. The van der Waals surface area contributed by atoms with Gasteiger partial charge in [-0.25, -0.2) is 4.98 Å². The van der Waals surface area contributed by atoms with Gasteiger partial charge in [0.2, 0.25) is 0 Å². The Morgan fingerprint density at radius 2 is 2.11 bits per heavy atom. The first-order valence-corrected chi connectivity index (χ1v) is 6.64. The Morgan fingerprint density at radius 3 is 2.74 bits per heavy atom. The van der Waals surface area contributed by atoms with E-state index in [-0.39, 0.29) is 11.8 Å². The van der Waals surface area contributed by atoms with Crippen LogP contribution in [0.5, 0.6) is 11.5 Å². The minimum absolute atomic E-state index is 0.0573. The zero-order valence-corrected chi connectivity index (χ0v) is 12.3. The van der Waals surface area contributed by atoms with Gasteiger partial charge >= 0.3 is 0 Å². The first-order chi connectivity index (χ1) is 9.10. The molecule has 0 aliphatic rings. The molecule has 4 nitrogen and oxygen atoms in total. The van der Waals surface area contributed by atoms with E-state index in [9.17, 15) is 5.11 Å². The number of nitrogens with zero attached hydrogens (tertiary/aromatic N) is 1. The topological polar surface area (TPSA) is 54.4 Å². The smallest absolute Gasteiger partial charge is 0.121 e. The number of halogens is 1. The average Bonchev–Trinajstić information content (AvgIpc) is 2.42. The third kappa shape index (κ3) is 3.38. The van der Waals surface area contributed by atoms with E-state index >= 15 is 0 Å². The summed E-state index contributed by atoms with van der Waals surface area (Å²) in [7, 11) is 1.60. The molecule has 0 bridgehead atoms. The Labute approximate surface area is 120 Å². The molecule has 2 rings (SSSR count). The van der Waals surface area contributed by atoms with Crippen molar-refractivity contribution in [1.82, 2.24) is 4.98 Å². The Bertz CT molecular complexity index is 558. The van der Waals surface area contributed by atoms with Crippen LogP contribution in [-0.2, 0) is 0 Å². The Hall–Kier alpha value is -1.75. The van der Waals surface area contributed by atoms with Gasteiger partial charge in [-0.15, -0.1) is 0 Å². The van der Waals surface area contributed by atoms with Gasteiger partial charge in [-0.1, -0.05) is 0 Å². The van der Waals surface area contributed by atoms with Gasteiger partial charge in [-0.2, -0.15) is 0 Å². The fourth-order valence-corrected chi connectivity index (χ4v) is 2.03. The molecule has 1 atom stereocenters. The number of rotatable bonds is 4. The molecule has 0 aliphatic heterocycles. The molecule has 0 radical (unpaired) electrons. The first kappa shape index (κ1) is 13.7. The van der Waals surface area contributed by atoms with Crippen LogP contribution < -0.4 is 10.1 Å². The van der Waals surface area contributed by atoms with Gasteiger partial charge < -0.3 is 15.2 Å². The van der Waals surface area contributed by atoms with Crippen LogP contribution in [0.3, 0.4) is 0 Å². The highest BCUT2D eigenvalue weighted by Gasteiger charge is 2.11. The van der Waals surface area contributed by atoms with Crippen LogP contribution in [0.4, 0.5) is 5.69 Å². The normalized spacial score (nSPS) is 11.9. The zero-order valence-electron chi connectivity index (χ0n) is 10.7. The lowest BCUT2D eigenvalue weighted by Crippen LogP contribution is -2.07. The number of nitrogens with one attached hydrogen (secondary N) is 1. The van der Waals surface area contributed by atoms with Crippen LogP contribution in [-0.4, -0.2) is 17.2 Å². The van der Waals surface area contributed by atoms with Gasteiger partial charge in [-0.05, 0) is 53.2 Å². The molecule has 0 aliphatic carbocycles. The van der Waals surface area contributed by atoms with E-state index in [1.807, 2.05) is 25.1 Å². The first-order valence-electron chi connectivity index (χ1n) is 5.85. The second-order valence-corrected chi connectivity index (χ2v) is 4.97. The van der Waals surface area contributed by atoms with Gasteiger partial charge in [0.15, 0.2) is 0 Å². The molecule has 0 saturated heterocycles. The van der Waals surface area contributed by atoms with E-state index in [4.69, 9.17) is 4.74 Å². The summed E-state index contributed by atoms with van der Waals surface area (Å²) in [6, 6.07) is 8.90. The van der Waals surface area contributed by atoms with Crippen LogP contribution in [0.15, 0.2) is 41.1 Å². The van der Waals surface area contributed by atoms with Gasteiger partial charge in [0.25, 0.3) is 0 Å². The second-order valence-electron chi connectivity index (χ2n) is 4.16. The molecule has 1 unspecified atom stereocenters. The molecular formula is C14H15BrN2O2. The van der Waals surface area contributed by atoms with Crippen molar-refractivity contribution in [1.29, 1.82) is 0 Å². The van der Waals surface area contributed by atoms with Gasteiger partial charge in [0.05, 0.1) is 25.0 Å². The number of hydrogen-bond donors (Lipinski definition) is 2. The number of hydrogen-bond acceptors (Lipinski definition) is 4. The van der Waals surface area contributed by atoms with Crippen molar-refractivity contribution in [3.05, 3.63) is 46.7 Å². The summed E-state index contributed by atoms with van der Waals surface area (Å²) in [6.07, 6.45) is 1.73. The summed E-state index contributed by atoms with van der Waals surface area (Å²) in [5.74, 6) is 0.959. The summed E-state index contributed by atoms with van der Waals surface area (Å²) in [5.41, 5.74) is 1.67. The quantitative estimate of drug-likeness (QED) is 0.842. The lowest BCUT2D eigenvalue weighted by molar-refractivity contribution is 0.410. The van der Waals surface area contributed by atoms with E-state index in [0.29, 0.717) is 0 Å². The molecule has 1 aromatic heterocycles. The number of phenols is 1. The Morgan fingerprint density at radius 1 is 1.32 bits per heavy atom. The fraction of sp³-hybridized carbons (Fsp3) is 0.214. The molecule has 19 heavy (non-hydrogen) atoms. The highest BCUT2D eigenvalue weighted by molar-refractivity contribution is 9.10.